The van der Waals surface area contributed by atoms with Crippen LogP contribution in [0, 0.1) is 0 Å². The van der Waals surface area contributed by atoms with E-state index in [-0.39, 0.29) is 11.0 Å². The first-order valence-corrected chi connectivity index (χ1v) is 9.37. The Kier molecular flexibility index (Phi) is 4.68. The lowest BCUT2D eigenvalue weighted by atomic mass is 10.1. The zero-order valence-corrected chi connectivity index (χ0v) is 13.7. The average Bonchev–Trinajstić information content (AvgIpc) is 2.54. The highest BCUT2D eigenvalue weighted by Gasteiger charge is 2.35. The number of aromatic hydroxyl groups is 1. The van der Waals surface area contributed by atoms with Crippen LogP contribution in [-0.2, 0) is 23.0 Å². The molecule has 0 radical (unpaired) electrons. The second-order valence-corrected chi connectivity index (χ2v) is 8.21. The SMILES string of the molecule is O=S1(=O)C(Cc2ccccc2)CCCN1Cc1ccc(O)cc1. The minimum atomic E-state index is -3.30. The van der Waals surface area contributed by atoms with Crippen molar-refractivity contribution in [3.05, 3.63) is 65.7 Å². The molecule has 1 heterocycles. The fourth-order valence-electron chi connectivity index (χ4n) is 3.04. The number of phenolic OH excluding ortho intramolecular Hbond substituents is 1. The van der Waals surface area contributed by atoms with Gasteiger partial charge in [-0.25, -0.2) is 8.42 Å². The van der Waals surface area contributed by atoms with Gasteiger partial charge < -0.3 is 5.11 Å². The molecule has 2 aromatic carbocycles. The molecule has 1 atom stereocenters. The summed E-state index contributed by atoms with van der Waals surface area (Å²) in [5, 5.41) is 8.99. The Morgan fingerprint density at radius 1 is 1.00 bits per heavy atom. The molecule has 3 rings (SSSR count). The van der Waals surface area contributed by atoms with Crippen LogP contribution in [0.25, 0.3) is 0 Å². The molecular weight excluding hydrogens is 310 g/mol. The molecule has 2 aromatic rings. The molecular formula is C18H21NO3S. The van der Waals surface area contributed by atoms with Crippen LogP contribution >= 0.6 is 0 Å². The Morgan fingerprint density at radius 3 is 2.39 bits per heavy atom. The van der Waals surface area contributed by atoms with Gasteiger partial charge in [0.2, 0.25) is 10.0 Å². The van der Waals surface area contributed by atoms with Crippen LogP contribution in [-0.4, -0.2) is 29.6 Å². The maximum atomic E-state index is 12.9. The van der Waals surface area contributed by atoms with Crippen LogP contribution in [0.1, 0.15) is 24.0 Å². The van der Waals surface area contributed by atoms with E-state index in [4.69, 9.17) is 0 Å². The van der Waals surface area contributed by atoms with Crippen molar-refractivity contribution in [1.82, 2.24) is 4.31 Å². The number of hydrogen-bond acceptors (Lipinski definition) is 3. The molecule has 0 saturated carbocycles. The van der Waals surface area contributed by atoms with Crippen molar-refractivity contribution >= 4 is 10.0 Å². The molecule has 122 valence electrons. The molecule has 0 aromatic heterocycles. The molecule has 0 bridgehead atoms. The zero-order valence-electron chi connectivity index (χ0n) is 12.9. The lowest BCUT2D eigenvalue weighted by Gasteiger charge is -2.32. The summed E-state index contributed by atoms with van der Waals surface area (Å²) in [4.78, 5) is 0. The highest BCUT2D eigenvalue weighted by atomic mass is 32.2. The third kappa shape index (κ3) is 3.74. The number of nitrogens with zero attached hydrogens (tertiary/aromatic N) is 1. The first-order chi connectivity index (χ1) is 11.1. The Hall–Kier alpha value is -1.85. The highest BCUT2D eigenvalue weighted by molar-refractivity contribution is 7.89. The van der Waals surface area contributed by atoms with Gasteiger partial charge in [-0.3, -0.25) is 0 Å². The fourth-order valence-corrected chi connectivity index (χ4v) is 5.04. The van der Waals surface area contributed by atoms with Gasteiger partial charge in [-0.1, -0.05) is 42.5 Å². The first kappa shape index (κ1) is 16.0. The molecule has 1 saturated heterocycles. The largest absolute Gasteiger partial charge is 0.508 e. The molecule has 0 aliphatic carbocycles. The lowest BCUT2D eigenvalue weighted by Crippen LogP contribution is -2.44. The van der Waals surface area contributed by atoms with Crippen LogP contribution in [0.2, 0.25) is 0 Å². The van der Waals surface area contributed by atoms with Gasteiger partial charge in [0.15, 0.2) is 0 Å². The molecule has 23 heavy (non-hydrogen) atoms. The molecule has 0 amide bonds. The summed E-state index contributed by atoms with van der Waals surface area (Å²) in [6.07, 6.45) is 2.16. The smallest absolute Gasteiger partial charge is 0.217 e. The molecule has 1 N–H and O–H groups in total. The summed E-state index contributed by atoms with van der Waals surface area (Å²) in [5.41, 5.74) is 1.96. The molecule has 1 aliphatic rings. The van der Waals surface area contributed by atoms with Gasteiger partial charge in [0, 0.05) is 13.1 Å². The van der Waals surface area contributed by atoms with Crippen LogP contribution in [0.3, 0.4) is 0 Å². The Balaban J connectivity index is 1.75. The second-order valence-electron chi connectivity index (χ2n) is 6.00. The van der Waals surface area contributed by atoms with Crippen molar-refractivity contribution in [2.75, 3.05) is 6.54 Å². The van der Waals surface area contributed by atoms with E-state index in [1.165, 1.54) is 0 Å². The predicted octanol–water partition coefficient (Wildman–Crippen LogP) is 2.93. The lowest BCUT2D eigenvalue weighted by molar-refractivity contribution is 0.357. The fraction of sp³-hybridized carbons (Fsp3) is 0.333. The normalized spacial score (nSPS) is 21.1. The Labute approximate surface area is 137 Å². The van der Waals surface area contributed by atoms with Crippen molar-refractivity contribution in [3.8, 4) is 5.75 Å². The van der Waals surface area contributed by atoms with E-state index < -0.39 is 10.0 Å². The number of sulfonamides is 1. The summed E-state index contributed by atoms with van der Waals surface area (Å²) in [6.45, 7) is 0.933. The quantitative estimate of drug-likeness (QED) is 0.937. The number of rotatable bonds is 4. The first-order valence-electron chi connectivity index (χ1n) is 7.86. The minimum absolute atomic E-state index is 0.192. The van der Waals surface area contributed by atoms with Gasteiger partial charge in [0.1, 0.15) is 5.75 Å². The minimum Gasteiger partial charge on any atom is -0.508 e. The van der Waals surface area contributed by atoms with E-state index in [2.05, 4.69) is 0 Å². The maximum absolute atomic E-state index is 12.9. The molecule has 1 unspecified atom stereocenters. The van der Waals surface area contributed by atoms with E-state index in [1.807, 2.05) is 30.3 Å². The van der Waals surface area contributed by atoms with Crippen molar-refractivity contribution in [2.24, 2.45) is 0 Å². The van der Waals surface area contributed by atoms with Crippen LogP contribution in [0.4, 0.5) is 0 Å². The Bertz CT molecular complexity index is 742. The summed E-state index contributed by atoms with van der Waals surface area (Å²) < 4.78 is 27.3. The van der Waals surface area contributed by atoms with Gasteiger partial charge in [0.05, 0.1) is 5.25 Å². The third-order valence-corrected chi connectivity index (χ3v) is 6.59. The highest BCUT2D eigenvalue weighted by Crippen LogP contribution is 2.26. The molecule has 5 heteroatoms. The topological polar surface area (TPSA) is 57.6 Å². The van der Waals surface area contributed by atoms with Crippen LogP contribution < -0.4 is 0 Å². The number of phenols is 1. The molecule has 1 fully saturated rings. The maximum Gasteiger partial charge on any atom is 0.217 e. The zero-order chi connectivity index (χ0) is 16.3. The Morgan fingerprint density at radius 2 is 1.70 bits per heavy atom. The van der Waals surface area contributed by atoms with E-state index in [0.29, 0.717) is 25.9 Å². The van der Waals surface area contributed by atoms with E-state index >= 15 is 0 Å². The summed E-state index contributed by atoms with van der Waals surface area (Å²) in [5.74, 6) is 0.192. The average molecular weight is 331 g/mol. The van der Waals surface area contributed by atoms with E-state index in [9.17, 15) is 13.5 Å². The van der Waals surface area contributed by atoms with Crippen LogP contribution in [0.15, 0.2) is 54.6 Å². The monoisotopic (exact) mass is 331 g/mol. The van der Waals surface area contributed by atoms with Gasteiger partial charge in [0.25, 0.3) is 0 Å². The number of hydrogen-bond donors (Lipinski definition) is 1. The van der Waals surface area contributed by atoms with Gasteiger partial charge in [-0.15, -0.1) is 0 Å². The summed E-state index contributed by atoms with van der Waals surface area (Å²) >= 11 is 0. The van der Waals surface area contributed by atoms with Crippen LogP contribution in [0.5, 0.6) is 5.75 Å². The third-order valence-electron chi connectivity index (χ3n) is 4.32. The molecule has 1 aliphatic heterocycles. The predicted molar refractivity (Wildman–Crippen MR) is 90.6 cm³/mol. The van der Waals surface area contributed by atoms with Crippen molar-refractivity contribution in [3.63, 3.8) is 0 Å². The van der Waals surface area contributed by atoms with Gasteiger partial charge in [-0.2, -0.15) is 4.31 Å². The van der Waals surface area contributed by atoms with Crippen molar-refractivity contribution in [1.29, 1.82) is 0 Å². The van der Waals surface area contributed by atoms with Crippen molar-refractivity contribution < 1.29 is 13.5 Å². The van der Waals surface area contributed by atoms with E-state index in [1.54, 1.807) is 28.6 Å². The molecule has 4 nitrogen and oxygen atoms in total. The second kappa shape index (κ2) is 6.72. The summed E-state index contributed by atoms with van der Waals surface area (Å²) in [6, 6.07) is 16.5. The van der Waals surface area contributed by atoms with Crippen molar-refractivity contribution in [2.45, 2.75) is 31.1 Å². The van der Waals surface area contributed by atoms with Gasteiger partial charge >= 0.3 is 0 Å². The summed E-state index contributed by atoms with van der Waals surface area (Å²) in [7, 11) is -3.30. The number of benzene rings is 2. The van der Waals surface area contributed by atoms with Gasteiger partial charge in [-0.05, 0) is 42.5 Å². The molecule has 0 spiro atoms. The standard InChI is InChI=1S/C18H21NO3S/c20-17-10-8-16(9-11-17)14-19-12-4-7-18(23(19,21)22)13-15-5-2-1-3-6-15/h1-3,5-6,8-11,18,20H,4,7,12-14H2. The van der Waals surface area contributed by atoms with E-state index in [0.717, 1.165) is 17.5 Å².